The fraction of sp³-hybridized carbons (Fsp3) is 0.120. The van der Waals surface area contributed by atoms with Gasteiger partial charge in [-0.2, -0.15) is 0 Å². The lowest BCUT2D eigenvalue weighted by atomic mass is 10.1. The van der Waals surface area contributed by atoms with Crippen molar-refractivity contribution >= 4 is 39.5 Å². The molecule has 0 unspecified atom stereocenters. The van der Waals surface area contributed by atoms with Gasteiger partial charge in [0.25, 0.3) is 11.8 Å². The molecule has 0 radical (unpaired) electrons. The Morgan fingerprint density at radius 2 is 1.76 bits per heavy atom. The van der Waals surface area contributed by atoms with Crippen molar-refractivity contribution in [1.29, 1.82) is 0 Å². The van der Waals surface area contributed by atoms with Crippen LogP contribution in [0.2, 0.25) is 0 Å². The molecule has 1 heterocycles. The van der Waals surface area contributed by atoms with Gasteiger partial charge in [0.05, 0.1) is 12.3 Å². The first-order valence-electron chi connectivity index (χ1n) is 10.2. The van der Waals surface area contributed by atoms with Crippen molar-refractivity contribution in [2.45, 2.75) is 13.5 Å². The molecule has 168 valence electrons. The Labute approximate surface area is 198 Å². The molecule has 3 aromatic carbocycles. The van der Waals surface area contributed by atoms with Gasteiger partial charge in [0.2, 0.25) is 0 Å². The van der Waals surface area contributed by atoms with Gasteiger partial charge in [0.1, 0.15) is 18.0 Å². The van der Waals surface area contributed by atoms with Gasteiger partial charge in [-0.1, -0.05) is 46.3 Å². The Morgan fingerprint density at radius 1 is 1.00 bits per heavy atom. The summed E-state index contributed by atoms with van der Waals surface area (Å²) in [6.45, 7) is 2.37. The van der Waals surface area contributed by atoms with Crippen LogP contribution in [-0.4, -0.2) is 18.4 Å². The Kier molecular flexibility index (Phi) is 6.74. The van der Waals surface area contributed by atoms with Crippen molar-refractivity contribution < 1.29 is 23.5 Å². The van der Waals surface area contributed by atoms with Gasteiger partial charge in [-0.3, -0.25) is 15.0 Å². The fourth-order valence-corrected chi connectivity index (χ4v) is 3.74. The SMILES string of the molecule is CCOc1cc(/C=C2/C(=O)NN(c3ccccc3)C2=O)c(Br)cc1OCc1cccc(F)c1. The molecule has 0 saturated carbocycles. The maximum absolute atomic E-state index is 13.4. The molecule has 0 aromatic heterocycles. The summed E-state index contributed by atoms with van der Waals surface area (Å²) in [7, 11) is 0. The summed E-state index contributed by atoms with van der Waals surface area (Å²) in [5.74, 6) is -0.408. The maximum atomic E-state index is 13.4. The van der Waals surface area contributed by atoms with Crippen LogP contribution in [0.3, 0.4) is 0 Å². The molecule has 0 atom stereocenters. The van der Waals surface area contributed by atoms with E-state index in [1.54, 1.807) is 48.5 Å². The number of halogens is 2. The molecule has 3 aromatic rings. The van der Waals surface area contributed by atoms with Crippen LogP contribution >= 0.6 is 15.9 Å². The highest BCUT2D eigenvalue weighted by molar-refractivity contribution is 9.10. The molecule has 1 fully saturated rings. The second-order valence-corrected chi connectivity index (χ2v) is 8.00. The average Bonchev–Trinajstić information content (AvgIpc) is 3.09. The summed E-state index contributed by atoms with van der Waals surface area (Å²) in [5.41, 5.74) is 4.39. The number of amides is 2. The van der Waals surface area contributed by atoms with Gasteiger partial charge in [0.15, 0.2) is 11.5 Å². The second-order valence-electron chi connectivity index (χ2n) is 7.15. The van der Waals surface area contributed by atoms with E-state index >= 15 is 0 Å². The third-order valence-corrected chi connectivity index (χ3v) is 5.54. The minimum Gasteiger partial charge on any atom is -0.490 e. The Morgan fingerprint density at radius 3 is 2.48 bits per heavy atom. The number of carbonyl (C=O) groups excluding carboxylic acids is 2. The van der Waals surface area contributed by atoms with Crippen LogP contribution in [0.4, 0.5) is 10.1 Å². The van der Waals surface area contributed by atoms with Gasteiger partial charge in [-0.15, -0.1) is 0 Å². The lowest BCUT2D eigenvalue weighted by molar-refractivity contribution is -0.117. The Hall–Kier alpha value is -3.65. The van der Waals surface area contributed by atoms with Crippen molar-refractivity contribution in [3.63, 3.8) is 0 Å². The Balaban J connectivity index is 1.61. The van der Waals surface area contributed by atoms with Crippen LogP contribution in [0.1, 0.15) is 18.1 Å². The van der Waals surface area contributed by atoms with E-state index in [2.05, 4.69) is 21.4 Å². The van der Waals surface area contributed by atoms with Gasteiger partial charge in [-0.05, 0) is 60.5 Å². The number of hydrazine groups is 1. The van der Waals surface area contributed by atoms with Gasteiger partial charge >= 0.3 is 0 Å². The standard InChI is InChI=1S/C25H20BrFN2O4/c1-2-32-22-13-17(21(26)14-23(22)33-15-16-7-6-8-18(27)11-16)12-20-24(30)28-29(25(20)31)19-9-4-3-5-10-19/h3-14H,2,15H2,1H3,(H,28,30)/b20-12-. The summed E-state index contributed by atoms with van der Waals surface area (Å²) < 4.78 is 25.6. The van der Waals surface area contributed by atoms with Crippen LogP contribution in [0, 0.1) is 5.82 Å². The van der Waals surface area contributed by atoms with E-state index in [-0.39, 0.29) is 18.0 Å². The largest absolute Gasteiger partial charge is 0.490 e. The lowest BCUT2D eigenvalue weighted by Gasteiger charge is -2.14. The van der Waals surface area contributed by atoms with Gasteiger partial charge in [-0.25, -0.2) is 9.40 Å². The number of ether oxygens (including phenoxy) is 2. The quantitative estimate of drug-likeness (QED) is 0.357. The Bertz CT molecular complexity index is 1230. The predicted octanol–water partition coefficient (Wildman–Crippen LogP) is 5.03. The number of hydrogen-bond donors (Lipinski definition) is 1. The molecular formula is C25H20BrFN2O4. The number of hydrogen-bond acceptors (Lipinski definition) is 4. The zero-order valence-electron chi connectivity index (χ0n) is 17.7. The third-order valence-electron chi connectivity index (χ3n) is 4.85. The number of nitrogens with one attached hydrogen (secondary N) is 1. The summed E-state index contributed by atoms with van der Waals surface area (Å²) in [5, 5.41) is 1.21. The van der Waals surface area contributed by atoms with E-state index in [0.29, 0.717) is 39.4 Å². The highest BCUT2D eigenvalue weighted by atomic mass is 79.9. The first-order valence-corrected chi connectivity index (χ1v) is 11.0. The smallest absolute Gasteiger partial charge is 0.282 e. The highest BCUT2D eigenvalue weighted by Crippen LogP contribution is 2.36. The number of carbonyl (C=O) groups is 2. The van der Waals surface area contributed by atoms with Crippen molar-refractivity contribution in [3.8, 4) is 11.5 Å². The molecule has 0 spiro atoms. The van der Waals surface area contributed by atoms with Crippen LogP contribution in [0.5, 0.6) is 11.5 Å². The third kappa shape index (κ3) is 5.06. The zero-order chi connectivity index (χ0) is 23.4. The predicted molar refractivity (Wildman–Crippen MR) is 126 cm³/mol. The normalized spacial score (nSPS) is 14.5. The van der Waals surface area contributed by atoms with Crippen LogP contribution in [0.15, 0.2) is 76.8 Å². The average molecular weight is 511 g/mol. The molecule has 6 nitrogen and oxygen atoms in total. The molecule has 0 aliphatic carbocycles. The minimum absolute atomic E-state index is 0.00423. The molecule has 1 aliphatic heterocycles. The number of para-hydroxylation sites is 1. The van der Waals surface area contributed by atoms with Crippen LogP contribution in [0.25, 0.3) is 6.08 Å². The zero-order valence-corrected chi connectivity index (χ0v) is 19.3. The highest BCUT2D eigenvalue weighted by Gasteiger charge is 2.34. The van der Waals surface area contributed by atoms with Crippen LogP contribution < -0.4 is 19.9 Å². The minimum atomic E-state index is -0.500. The monoisotopic (exact) mass is 510 g/mol. The summed E-state index contributed by atoms with van der Waals surface area (Å²) in [4.78, 5) is 25.4. The van der Waals surface area contributed by atoms with E-state index in [1.807, 2.05) is 13.0 Å². The first kappa shape index (κ1) is 22.5. The molecule has 0 bridgehead atoms. The number of nitrogens with zero attached hydrogens (tertiary/aromatic N) is 1. The number of rotatable bonds is 7. The van der Waals surface area contributed by atoms with Crippen LogP contribution in [-0.2, 0) is 16.2 Å². The maximum Gasteiger partial charge on any atom is 0.282 e. The summed E-state index contributed by atoms with van der Waals surface area (Å²) in [6, 6.07) is 18.4. The van der Waals surface area contributed by atoms with E-state index < -0.39 is 11.8 Å². The fourth-order valence-electron chi connectivity index (χ4n) is 3.30. The number of anilines is 1. The molecule has 2 amide bonds. The van der Waals surface area contributed by atoms with E-state index in [1.165, 1.54) is 23.2 Å². The summed E-state index contributed by atoms with van der Waals surface area (Å²) in [6.07, 6.45) is 1.50. The van der Waals surface area contributed by atoms with Crippen molar-refractivity contribution in [3.05, 3.63) is 93.7 Å². The van der Waals surface area contributed by atoms with Crippen molar-refractivity contribution in [1.82, 2.24) is 5.43 Å². The summed E-state index contributed by atoms with van der Waals surface area (Å²) >= 11 is 3.48. The topological polar surface area (TPSA) is 67.9 Å². The second kappa shape index (κ2) is 9.87. The first-order chi connectivity index (χ1) is 16.0. The molecule has 33 heavy (non-hydrogen) atoms. The van der Waals surface area contributed by atoms with Crippen molar-refractivity contribution in [2.75, 3.05) is 11.6 Å². The van der Waals surface area contributed by atoms with E-state index in [4.69, 9.17) is 9.47 Å². The molecular weight excluding hydrogens is 491 g/mol. The van der Waals surface area contributed by atoms with E-state index in [0.717, 1.165) is 0 Å². The number of benzene rings is 3. The molecule has 1 aliphatic rings. The van der Waals surface area contributed by atoms with Gasteiger partial charge in [0, 0.05) is 4.47 Å². The molecule has 4 rings (SSSR count). The lowest BCUT2D eigenvalue weighted by Crippen LogP contribution is -2.35. The molecule has 1 N–H and O–H groups in total. The molecule has 8 heteroatoms. The molecule has 1 saturated heterocycles. The van der Waals surface area contributed by atoms with Gasteiger partial charge < -0.3 is 9.47 Å². The van der Waals surface area contributed by atoms with Crippen molar-refractivity contribution in [2.24, 2.45) is 0 Å². The van der Waals surface area contributed by atoms with E-state index in [9.17, 15) is 14.0 Å².